The third-order valence-electron chi connectivity index (χ3n) is 1.48. The van der Waals surface area contributed by atoms with Crippen LogP contribution in [0.4, 0.5) is 0 Å². The number of nitrogens with zero attached hydrogens (tertiary/aromatic N) is 1. The van der Waals surface area contributed by atoms with Gasteiger partial charge in [0.15, 0.2) is 0 Å². The minimum absolute atomic E-state index is 0.743. The molecule has 0 amide bonds. The lowest BCUT2D eigenvalue weighted by atomic mass is 10.1. The summed E-state index contributed by atoms with van der Waals surface area (Å²) >= 11 is 0. The highest BCUT2D eigenvalue weighted by molar-refractivity contribution is 5.61. The van der Waals surface area contributed by atoms with E-state index < -0.39 is 0 Å². The van der Waals surface area contributed by atoms with Gasteiger partial charge >= 0.3 is 0 Å². The van der Waals surface area contributed by atoms with E-state index in [4.69, 9.17) is 5.21 Å². The van der Waals surface area contributed by atoms with Crippen LogP contribution in [0.3, 0.4) is 0 Å². The molecule has 0 unspecified atom stereocenters. The van der Waals surface area contributed by atoms with Crippen molar-refractivity contribution in [2.24, 2.45) is 5.16 Å². The zero-order valence-electron chi connectivity index (χ0n) is 5.83. The lowest BCUT2D eigenvalue weighted by Gasteiger charge is -2.01. The van der Waals surface area contributed by atoms with Crippen molar-refractivity contribution in [2.75, 3.05) is 0 Å². The summed E-state index contributed by atoms with van der Waals surface area (Å²) in [6.45, 7) is 0. The molecule has 0 radical (unpaired) electrons. The van der Waals surface area contributed by atoms with Crippen LogP contribution in [0.5, 0.6) is 0 Å². The Morgan fingerprint density at radius 3 is 3.10 bits per heavy atom. The van der Waals surface area contributed by atoms with Crippen LogP contribution in [0.25, 0.3) is 0 Å². The number of hydrogen-bond donors (Lipinski definition) is 1. The zero-order chi connectivity index (χ0) is 7.23. The molecule has 0 bridgehead atoms. The summed E-state index contributed by atoms with van der Waals surface area (Å²) in [5, 5.41) is 11.0. The predicted molar refractivity (Wildman–Crippen MR) is 41.4 cm³/mol. The number of rotatable bonds is 2. The molecule has 1 rings (SSSR count). The van der Waals surface area contributed by atoms with E-state index >= 15 is 0 Å². The van der Waals surface area contributed by atoms with Gasteiger partial charge in [0.05, 0.1) is 0 Å². The molecule has 0 saturated heterocycles. The molecule has 2 nitrogen and oxygen atoms in total. The molecule has 0 fully saturated rings. The van der Waals surface area contributed by atoms with Crippen molar-refractivity contribution in [1.82, 2.24) is 0 Å². The fourth-order valence-corrected chi connectivity index (χ4v) is 0.965. The third kappa shape index (κ3) is 2.05. The first-order valence-corrected chi connectivity index (χ1v) is 3.45. The average Bonchev–Trinajstić information content (AvgIpc) is 2.03. The Bertz CT molecular complexity index is 180. The molecular weight excluding hydrogens is 126 g/mol. The van der Waals surface area contributed by atoms with Gasteiger partial charge in [0.1, 0.15) is 0 Å². The van der Waals surface area contributed by atoms with Crippen molar-refractivity contribution in [1.29, 1.82) is 0 Å². The van der Waals surface area contributed by atoms with Crippen LogP contribution in [0, 0.1) is 0 Å². The summed E-state index contributed by atoms with van der Waals surface area (Å²) in [5.41, 5.74) is 1.24. The van der Waals surface area contributed by atoms with Gasteiger partial charge in [-0.05, 0) is 18.4 Å². The number of oxime groups is 1. The maximum Gasteiger partial charge on any atom is 0.0479 e. The van der Waals surface area contributed by atoms with Crippen molar-refractivity contribution < 1.29 is 5.21 Å². The Morgan fingerprint density at radius 1 is 1.60 bits per heavy atom. The van der Waals surface area contributed by atoms with Crippen molar-refractivity contribution >= 4 is 6.21 Å². The van der Waals surface area contributed by atoms with E-state index in [0.717, 1.165) is 19.3 Å². The van der Waals surface area contributed by atoms with E-state index in [0.29, 0.717) is 0 Å². The highest BCUT2D eigenvalue weighted by Crippen LogP contribution is 2.11. The van der Waals surface area contributed by atoms with Gasteiger partial charge < -0.3 is 5.21 Å². The molecule has 0 aromatic rings. The summed E-state index contributed by atoms with van der Waals surface area (Å²) < 4.78 is 0. The average molecular weight is 137 g/mol. The highest BCUT2D eigenvalue weighted by Gasteiger charge is 1.93. The van der Waals surface area contributed by atoms with Gasteiger partial charge in [0.25, 0.3) is 0 Å². The molecular formula is C8H11NO. The van der Waals surface area contributed by atoms with E-state index in [1.165, 1.54) is 11.8 Å². The Morgan fingerprint density at radius 2 is 2.50 bits per heavy atom. The molecule has 1 aliphatic rings. The molecule has 0 spiro atoms. The fraction of sp³-hybridized carbons (Fsp3) is 0.375. The van der Waals surface area contributed by atoms with Crippen molar-refractivity contribution in [3.05, 3.63) is 23.8 Å². The summed E-state index contributed by atoms with van der Waals surface area (Å²) in [6, 6.07) is 0. The van der Waals surface area contributed by atoms with Gasteiger partial charge in [-0.3, -0.25) is 0 Å². The zero-order valence-corrected chi connectivity index (χ0v) is 5.83. The fourth-order valence-electron chi connectivity index (χ4n) is 0.965. The summed E-state index contributed by atoms with van der Waals surface area (Å²) in [7, 11) is 0. The Labute approximate surface area is 60.6 Å². The Balaban J connectivity index is 2.40. The van der Waals surface area contributed by atoms with Gasteiger partial charge in [-0.2, -0.15) is 0 Å². The second-order valence-electron chi connectivity index (χ2n) is 2.26. The van der Waals surface area contributed by atoms with Crippen molar-refractivity contribution in [3.8, 4) is 0 Å². The second-order valence-corrected chi connectivity index (χ2v) is 2.26. The van der Waals surface area contributed by atoms with Crippen LogP contribution >= 0.6 is 0 Å². The number of allylic oxidation sites excluding steroid dienone is 4. The van der Waals surface area contributed by atoms with Crippen LogP contribution in [0.15, 0.2) is 29.0 Å². The first-order valence-electron chi connectivity index (χ1n) is 3.45. The van der Waals surface area contributed by atoms with Gasteiger partial charge in [-0.15, -0.1) is 5.16 Å². The maximum atomic E-state index is 8.12. The molecule has 1 aliphatic carbocycles. The second kappa shape index (κ2) is 3.88. The van der Waals surface area contributed by atoms with E-state index in [2.05, 4.69) is 23.4 Å². The quantitative estimate of drug-likeness (QED) is 0.353. The van der Waals surface area contributed by atoms with Crippen LogP contribution < -0.4 is 0 Å². The van der Waals surface area contributed by atoms with Gasteiger partial charge in [0, 0.05) is 12.6 Å². The predicted octanol–water partition coefficient (Wildman–Crippen LogP) is 2.11. The minimum atomic E-state index is 0.743. The first-order chi connectivity index (χ1) is 4.93. The Kier molecular flexibility index (Phi) is 2.74. The third-order valence-corrected chi connectivity index (χ3v) is 1.48. The lowest BCUT2D eigenvalue weighted by molar-refractivity contribution is 0.321. The van der Waals surface area contributed by atoms with E-state index in [9.17, 15) is 0 Å². The molecule has 0 aromatic heterocycles. The van der Waals surface area contributed by atoms with Gasteiger partial charge in [-0.25, -0.2) is 0 Å². The molecule has 0 atom stereocenters. The van der Waals surface area contributed by atoms with Crippen molar-refractivity contribution in [3.63, 3.8) is 0 Å². The molecule has 54 valence electrons. The smallest absolute Gasteiger partial charge is 0.0479 e. The van der Waals surface area contributed by atoms with E-state index in [-0.39, 0.29) is 0 Å². The van der Waals surface area contributed by atoms with Gasteiger partial charge in [0.2, 0.25) is 0 Å². The SMILES string of the molecule is ON=CCC1=CCCC=C1. The largest absolute Gasteiger partial charge is 0.411 e. The molecule has 0 saturated carbocycles. The summed E-state index contributed by atoms with van der Waals surface area (Å²) in [6.07, 6.45) is 10.9. The maximum absolute atomic E-state index is 8.12. The van der Waals surface area contributed by atoms with E-state index in [1.54, 1.807) is 0 Å². The molecule has 10 heavy (non-hydrogen) atoms. The van der Waals surface area contributed by atoms with Crippen LogP contribution in [0.2, 0.25) is 0 Å². The molecule has 1 N–H and O–H groups in total. The van der Waals surface area contributed by atoms with Crippen LogP contribution in [-0.4, -0.2) is 11.4 Å². The topological polar surface area (TPSA) is 32.6 Å². The van der Waals surface area contributed by atoms with Crippen molar-refractivity contribution in [2.45, 2.75) is 19.3 Å². The Hall–Kier alpha value is -1.05. The monoisotopic (exact) mass is 137 g/mol. The van der Waals surface area contributed by atoms with E-state index in [1.807, 2.05) is 0 Å². The summed E-state index contributed by atoms with van der Waals surface area (Å²) in [4.78, 5) is 0. The normalized spacial score (nSPS) is 17.8. The highest BCUT2D eigenvalue weighted by atomic mass is 16.4. The van der Waals surface area contributed by atoms with Crippen LogP contribution in [0.1, 0.15) is 19.3 Å². The lowest BCUT2D eigenvalue weighted by Crippen LogP contribution is -1.85. The molecule has 0 heterocycles. The minimum Gasteiger partial charge on any atom is -0.411 e. The van der Waals surface area contributed by atoms with Crippen LogP contribution in [-0.2, 0) is 0 Å². The molecule has 2 heteroatoms. The molecule has 0 aliphatic heterocycles. The van der Waals surface area contributed by atoms with Gasteiger partial charge in [-0.1, -0.05) is 18.2 Å². The standard InChI is InChI=1S/C8H11NO/c10-9-7-6-8-4-2-1-3-5-8/h2,4-5,7,10H,1,3,6H2. The summed E-state index contributed by atoms with van der Waals surface area (Å²) in [5.74, 6) is 0. The molecule has 0 aromatic carbocycles. The number of hydrogen-bond acceptors (Lipinski definition) is 2. The first kappa shape index (κ1) is 7.06.